The molecule has 0 atom stereocenters. The van der Waals surface area contributed by atoms with E-state index in [1.165, 1.54) is 13.2 Å². The molecular weight excluding hydrogens is 628 g/mol. The van der Waals surface area contributed by atoms with Gasteiger partial charge in [0.05, 0.1) is 40.0 Å². The second kappa shape index (κ2) is 20.6. The van der Waals surface area contributed by atoms with Gasteiger partial charge >= 0.3 is 23.9 Å². The van der Waals surface area contributed by atoms with Gasteiger partial charge < -0.3 is 28.4 Å². The van der Waals surface area contributed by atoms with Gasteiger partial charge in [-0.15, -0.1) is 0 Å². The van der Waals surface area contributed by atoms with Crippen LogP contribution in [0.3, 0.4) is 0 Å². The SMILES string of the molecule is C=CC(=O)OCCCCOc1ccc(/C=C/C(=O)Oc2ccc(-c3ccc(OCCCCOC(=O)C(=C)CC(=O)OC)cc3)cc2C)cc1. The average Bonchev–Trinajstić information content (AvgIpc) is 3.11. The molecule has 0 bridgehead atoms. The average molecular weight is 671 g/mol. The Morgan fingerprint density at radius 3 is 1.88 bits per heavy atom. The summed E-state index contributed by atoms with van der Waals surface area (Å²) in [5.74, 6) is -0.179. The van der Waals surface area contributed by atoms with Crippen LogP contribution in [-0.4, -0.2) is 57.4 Å². The lowest BCUT2D eigenvalue weighted by Crippen LogP contribution is -2.13. The topological polar surface area (TPSA) is 124 Å². The van der Waals surface area contributed by atoms with Crippen LogP contribution in [0.5, 0.6) is 17.2 Å². The van der Waals surface area contributed by atoms with Gasteiger partial charge in [0.2, 0.25) is 0 Å². The van der Waals surface area contributed by atoms with Gasteiger partial charge in [0.15, 0.2) is 0 Å². The maximum atomic E-state index is 12.5. The second-order valence-electron chi connectivity index (χ2n) is 10.8. The van der Waals surface area contributed by atoms with Gasteiger partial charge in [0, 0.05) is 17.7 Å². The summed E-state index contributed by atoms with van der Waals surface area (Å²) in [4.78, 5) is 46.6. The Hall–Kier alpha value is -5.64. The number of carbonyl (C=O) groups is 4. The van der Waals surface area contributed by atoms with Crippen LogP contribution in [0.25, 0.3) is 17.2 Å². The number of methoxy groups -OCH3 is 1. The number of ether oxygens (including phenoxy) is 6. The summed E-state index contributed by atoms with van der Waals surface area (Å²) in [6.45, 7) is 10.3. The predicted molar refractivity (Wildman–Crippen MR) is 185 cm³/mol. The molecule has 3 aromatic carbocycles. The summed E-state index contributed by atoms with van der Waals surface area (Å²) in [7, 11) is 1.25. The molecule has 0 saturated carbocycles. The number of esters is 4. The van der Waals surface area contributed by atoms with Gasteiger partial charge in [-0.1, -0.05) is 43.5 Å². The molecule has 0 unspecified atom stereocenters. The molecule has 0 aliphatic rings. The van der Waals surface area contributed by atoms with Crippen LogP contribution in [0.1, 0.15) is 43.2 Å². The summed E-state index contributed by atoms with van der Waals surface area (Å²) in [5, 5.41) is 0. The van der Waals surface area contributed by atoms with Crippen molar-refractivity contribution in [2.75, 3.05) is 33.5 Å². The Labute approximate surface area is 286 Å². The third-order valence-electron chi connectivity index (χ3n) is 7.00. The largest absolute Gasteiger partial charge is 0.494 e. The van der Waals surface area contributed by atoms with Crippen LogP contribution in [0.4, 0.5) is 0 Å². The number of benzene rings is 3. The van der Waals surface area contributed by atoms with Crippen LogP contribution in [0.15, 0.2) is 97.6 Å². The van der Waals surface area contributed by atoms with Crippen molar-refractivity contribution in [1.82, 2.24) is 0 Å². The fourth-order valence-electron chi connectivity index (χ4n) is 4.27. The molecule has 258 valence electrons. The van der Waals surface area contributed by atoms with E-state index in [2.05, 4.69) is 17.9 Å². The number of rotatable bonds is 20. The molecule has 3 aromatic rings. The van der Waals surface area contributed by atoms with E-state index in [9.17, 15) is 19.2 Å². The zero-order valence-electron chi connectivity index (χ0n) is 27.9. The highest BCUT2D eigenvalue weighted by atomic mass is 16.5. The van der Waals surface area contributed by atoms with E-state index in [0.717, 1.165) is 34.8 Å². The first-order chi connectivity index (χ1) is 23.7. The third-order valence-corrected chi connectivity index (χ3v) is 7.00. The standard InChI is InChI=1S/C39H42O10/c1-5-36(40)47-24-8-6-22-45-33-16-10-30(11-17-33)12-21-37(41)49-35-20-15-32(26-28(35)2)31-13-18-34(19-14-31)46-23-7-9-25-48-39(43)29(3)27-38(42)44-4/h5,10-21,26H,1,3,6-9,22-25,27H2,2,4H3/b21-12+. The highest BCUT2D eigenvalue weighted by molar-refractivity contribution is 5.93. The molecular formula is C39H42O10. The van der Waals surface area contributed by atoms with Crippen molar-refractivity contribution in [3.63, 3.8) is 0 Å². The molecule has 10 heteroatoms. The number of hydrogen-bond acceptors (Lipinski definition) is 10. The maximum absolute atomic E-state index is 12.5. The molecule has 0 aliphatic heterocycles. The minimum absolute atomic E-state index is 0.0592. The van der Waals surface area contributed by atoms with E-state index in [1.54, 1.807) is 12.1 Å². The van der Waals surface area contributed by atoms with E-state index in [4.69, 9.17) is 23.7 Å². The second-order valence-corrected chi connectivity index (χ2v) is 10.8. The van der Waals surface area contributed by atoms with Crippen molar-refractivity contribution in [2.24, 2.45) is 0 Å². The van der Waals surface area contributed by atoms with Crippen LogP contribution >= 0.6 is 0 Å². The number of unbranched alkanes of at least 4 members (excludes halogenated alkanes) is 2. The molecule has 0 amide bonds. The van der Waals surface area contributed by atoms with Gasteiger partial charge in [-0.2, -0.15) is 0 Å². The lowest BCUT2D eigenvalue weighted by Gasteiger charge is -2.10. The highest BCUT2D eigenvalue weighted by Crippen LogP contribution is 2.28. The monoisotopic (exact) mass is 670 g/mol. The van der Waals surface area contributed by atoms with Gasteiger partial charge in [-0.3, -0.25) is 4.79 Å². The first-order valence-electron chi connectivity index (χ1n) is 15.9. The third kappa shape index (κ3) is 13.9. The Morgan fingerprint density at radius 2 is 1.29 bits per heavy atom. The molecule has 0 radical (unpaired) electrons. The Morgan fingerprint density at radius 1 is 0.714 bits per heavy atom. The van der Waals surface area contributed by atoms with Gasteiger partial charge in [0.1, 0.15) is 17.2 Å². The molecule has 49 heavy (non-hydrogen) atoms. The Kier molecular flexibility index (Phi) is 15.9. The van der Waals surface area contributed by atoms with Gasteiger partial charge in [-0.05, 0) is 97.3 Å². The number of hydrogen-bond donors (Lipinski definition) is 0. The maximum Gasteiger partial charge on any atom is 0.336 e. The van der Waals surface area contributed by atoms with E-state index < -0.39 is 23.9 Å². The van der Waals surface area contributed by atoms with Crippen molar-refractivity contribution in [3.8, 4) is 28.4 Å². The fraction of sp³-hybridized carbons (Fsp3) is 0.282. The molecule has 0 fully saturated rings. The molecule has 0 aliphatic carbocycles. The van der Waals surface area contributed by atoms with Crippen LogP contribution in [0, 0.1) is 6.92 Å². The minimum Gasteiger partial charge on any atom is -0.494 e. The van der Waals surface area contributed by atoms with E-state index >= 15 is 0 Å². The quantitative estimate of drug-likeness (QED) is 0.0409. The summed E-state index contributed by atoms with van der Waals surface area (Å²) >= 11 is 0. The highest BCUT2D eigenvalue weighted by Gasteiger charge is 2.13. The molecule has 10 nitrogen and oxygen atoms in total. The van der Waals surface area contributed by atoms with Gasteiger partial charge in [0.25, 0.3) is 0 Å². The lowest BCUT2D eigenvalue weighted by atomic mass is 10.0. The first-order valence-corrected chi connectivity index (χ1v) is 15.9. The predicted octanol–water partition coefficient (Wildman–Crippen LogP) is 6.99. The zero-order chi connectivity index (χ0) is 35.4. The van der Waals surface area contributed by atoms with Crippen LogP contribution in [0.2, 0.25) is 0 Å². The van der Waals surface area contributed by atoms with Gasteiger partial charge in [-0.25, -0.2) is 14.4 Å². The number of aryl methyl sites for hydroxylation is 1. The van der Waals surface area contributed by atoms with Crippen molar-refractivity contribution in [1.29, 1.82) is 0 Å². The summed E-state index contributed by atoms with van der Waals surface area (Å²) in [6, 6.07) is 20.6. The Balaban J connectivity index is 1.37. The van der Waals surface area contributed by atoms with E-state index in [1.807, 2.05) is 67.6 Å². The van der Waals surface area contributed by atoms with Crippen molar-refractivity contribution in [2.45, 2.75) is 39.0 Å². The van der Waals surface area contributed by atoms with E-state index in [-0.39, 0.29) is 18.6 Å². The molecule has 0 N–H and O–H groups in total. The summed E-state index contributed by atoms with van der Waals surface area (Å²) in [5.41, 5.74) is 3.64. The molecule has 0 spiro atoms. The minimum atomic E-state index is -0.610. The van der Waals surface area contributed by atoms with Crippen LogP contribution in [-0.2, 0) is 33.4 Å². The molecule has 0 aromatic heterocycles. The van der Waals surface area contributed by atoms with Crippen molar-refractivity contribution in [3.05, 3.63) is 109 Å². The molecule has 0 saturated heterocycles. The summed E-state index contributed by atoms with van der Waals surface area (Å²) in [6.07, 6.45) is 6.71. The normalized spacial score (nSPS) is 10.6. The van der Waals surface area contributed by atoms with Crippen molar-refractivity contribution < 1.29 is 47.6 Å². The first kappa shape index (κ1) is 37.8. The van der Waals surface area contributed by atoms with E-state index in [0.29, 0.717) is 56.3 Å². The fourth-order valence-corrected chi connectivity index (χ4v) is 4.27. The number of carbonyl (C=O) groups excluding carboxylic acids is 4. The zero-order valence-corrected chi connectivity index (χ0v) is 27.9. The smallest absolute Gasteiger partial charge is 0.336 e. The summed E-state index contributed by atoms with van der Waals surface area (Å²) < 4.78 is 31.6. The molecule has 0 heterocycles. The molecule has 3 rings (SSSR count). The van der Waals surface area contributed by atoms with Crippen LogP contribution < -0.4 is 14.2 Å². The Bertz CT molecular complexity index is 1600. The lowest BCUT2D eigenvalue weighted by molar-refractivity contribution is -0.144. The van der Waals surface area contributed by atoms with Crippen molar-refractivity contribution >= 4 is 30.0 Å².